The summed E-state index contributed by atoms with van der Waals surface area (Å²) in [7, 11) is 1.77. The zero-order valence-corrected chi connectivity index (χ0v) is 14.0. The third kappa shape index (κ3) is 8.23. The van der Waals surface area contributed by atoms with Crippen molar-refractivity contribution in [1.82, 2.24) is 4.65 Å². The summed E-state index contributed by atoms with van der Waals surface area (Å²) in [6.07, 6.45) is 13.1. The summed E-state index contributed by atoms with van der Waals surface area (Å²) >= 11 is 0. The molecule has 2 heteroatoms. The van der Waals surface area contributed by atoms with Crippen LogP contribution in [0.25, 0.3) is 0 Å². The fraction of sp³-hybridized carbons (Fsp3) is 0.684. The van der Waals surface area contributed by atoms with Crippen molar-refractivity contribution in [1.29, 1.82) is 0 Å². The van der Waals surface area contributed by atoms with E-state index in [0.717, 1.165) is 12.1 Å². The van der Waals surface area contributed by atoms with E-state index in [1.54, 1.807) is 7.05 Å². The van der Waals surface area contributed by atoms with E-state index in [1.165, 1.54) is 57.8 Å². The number of hydrogen-bond acceptors (Lipinski definition) is 1. The Morgan fingerprint density at radius 3 is 1.76 bits per heavy atom. The van der Waals surface area contributed by atoms with Crippen molar-refractivity contribution in [3.05, 3.63) is 35.5 Å². The van der Waals surface area contributed by atoms with Gasteiger partial charge in [0, 0.05) is 0 Å². The van der Waals surface area contributed by atoms with Crippen LogP contribution in [0.5, 0.6) is 0 Å². The molecule has 0 aliphatic heterocycles. The van der Waals surface area contributed by atoms with E-state index in [-0.39, 0.29) is 4.65 Å². The van der Waals surface area contributed by atoms with Crippen LogP contribution < -0.4 is 4.65 Å². The van der Waals surface area contributed by atoms with Gasteiger partial charge in [0.15, 0.2) is 0 Å². The van der Waals surface area contributed by atoms with Crippen LogP contribution in [0, 0.1) is 5.21 Å². The van der Waals surface area contributed by atoms with Gasteiger partial charge >= 0.3 is 0 Å². The van der Waals surface area contributed by atoms with E-state index >= 15 is 0 Å². The quantitative estimate of drug-likeness (QED) is 0.261. The number of hydrogen-bond donors (Lipinski definition) is 0. The molecule has 1 aromatic carbocycles. The van der Waals surface area contributed by atoms with Gasteiger partial charge in [-0.2, -0.15) is 0 Å². The second-order valence-electron chi connectivity index (χ2n) is 6.34. The Hall–Kier alpha value is -0.860. The molecule has 0 saturated heterocycles. The monoisotopic (exact) mass is 291 g/mol. The lowest BCUT2D eigenvalue weighted by atomic mass is 10.1. The highest BCUT2D eigenvalue weighted by atomic mass is 16.5. The zero-order chi connectivity index (χ0) is 15.4. The van der Waals surface area contributed by atoms with Gasteiger partial charge in [-0.3, -0.25) is 0 Å². The van der Waals surface area contributed by atoms with E-state index < -0.39 is 0 Å². The third-order valence-electron chi connectivity index (χ3n) is 4.24. The zero-order valence-electron chi connectivity index (χ0n) is 14.0. The Kier molecular flexibility index (Phi) is 9.36. The van der Waals surface area contributed by atoms with E-state index in [9.17, 15) is 5.21 Å². The molecule has 0 aliphatic carbocycles. The Morgan fingerprint density at radius 2 is 1.24 bits per heavy atom. The molecule has 0 aromatic heterocycles. The lowest BCUT2D eigenvalue weighted by Crippen LogP contribution is -2.39. The van der Waals surface area contributed by atoms with Crippen LogP contribution in [0.1, 0.15) is 71.1 Å². The van der Waals surface area contributed by atoms with Gasteiger partial charge in [0.05, 0.1) is 13.6 Å². The van der Waals surface area contributed by atoms with Crippen LogP contribution in [-0.4, -0.2) is 13.6 Å². The van der Waals surface area contributed by atoms with Gasteiger partial charge in [0.1, 0.15) is 5.69 Å². The maximum Gasteiger partial charge on any atom is 0.132 e. The van der Waals surface area contributed by atoms with E-state index in [2.05, 4.69) is 6.92 Å². The van der Waals surface area contributed by atoms with Gasteiger partial charge in [0.25, 0.3) is 0 Å². The SMILES string of the molecule is CCCCCCCCCCCC[N+](C)([O-])c1ccccc1. The van der Waals surface area contributed by atoms with E-state index in [4.69, 9.17) is 0 Å². The first kappa shape index (κ1) is 18.2. The van der Waals surface area contributed by atoms with Crippen LogP contribution in [0.2, 0.25) is 0 Å². The number of hydroxylamine groups is 2. The second kappa shape index (κ2) is 10.8. The number of rotatable bonds is 12. The molecule has 21 heavy (non-hydrogen) atoms. The predicted molar refractivity (Wildman–Crippen MR) is 94.2 cm³/mol. The normalized spacial score (nSPS) is 14.0. The molecule has 1 unspecified atom stereocenters. The number of unbranched alkanes of at least 4 members (excludes halogenated alkanes) is 9. The summed E-state index contributed by atoms with van der Waals surface area (Å²) < 4.78 is -0.238. The maximum absolute atomic E-state index is 12.5. The highest BCUT2D eigenvalue weighted by Crippen LogP contribution is 2.20. The number of quaternary nitrogens is 1. The Balaban J connectivity index is 2.01. The standard InChI is InChI=1S/C19H33NO/c1-3-4-5-6-7-8-9-10-11-15-18-20(2,21)19-16-13-12-14-17-19/h12-14,16-17H,3-11,15,18H2,1-2H3. The molecule has 0 fully saturated rings. The molecule has 1 atom stereocenters. The highest BCUT2D eigenvalue weighted by molar-refractivity contribution is 5.42. The predicted octanol–water partition coefficient (Wildman–Crippen LogP) is 6.04. The molecule has 1 rings (SSSR count). The molecule has 120 valence electrons. The Bertz CT molecular complexity index is 348. The first-order valence-electron chi connectivity index (χ1n) is 8.79. The molecule has 0 radical (unpaired) electrons. The minimum atomic E-state index is -0.238. The van der Waals surface area contributed by atoms with Crippen molar-refractivity contribution in [3.8, 4) is 0 Å². The van der Waals surface area contributed by atoms with Gasteiger partial charge in [-0.25, -0.2) is 0 Å². The fourth-order valence-electron chi connectivity index (χ4n) is 2.77. The minimum absolute atomic E-state index is 0.238. The van der Waals surface area contributed by atoms with Gasteiger partial charge in [-0.05, 0) is 25.0 Å². The Labute approximate surface area is 131 Å². The summed E-state index contributed by atoms with van der Waals surface area (Å²) in [4.78, 5) is 0. The van der Waals surface area contributed by atoms with Crippen LogP contribution in [0.3, 0.4) is 0 Å². The van der Waals surface area contributed by atoms with Crippen LogP contribution in [0.15, 0.2) is 30.3 Å². The van der Waals surface area contributed by atoms with E-state index in [1.807, 2.05) is 30.3 Å². The molecular formula is C19H33NO. The van der Waals surface area contributed by atoms with Crippen molar-refractivity contribution in [2.45, 2.75) is 71.1 Å². The molecule has 1 aromatic rings. The molecule has 0 aliphatic rings. The number of para-hydroxylation sites is 1. The average molecular weight is 291 g/mol. The second-order valence-corrected chi connectivity index (χ2v) is 6.34. The summed E-state index contributed by atoms with van der Waals surface area (Å²) in [5.41, 5.74) is 0.869. The summed E-state index contributed by atoms with van der Waals surface area (Å²) in [5, 5.41) is 12.5. The van der Waals surface area contributed by atoms with Gasteiger partial charge in [-0.15, -0.1) is 0 Å². The maximum atomic E-state index is 12.5. The average Bonchev–Trinajstić information content (AvgIpc) is 2.50. The molecule has 2 nitrogen and oxygen atoms in total. The van der Waals surface area contributed by atoms with E-state index in [0.29, 0.717) is 6.54 Å². The third-order valence-corrected chi connectivity index (χ3v) is 4.24. The molecule has 0 amide bonds. The number of benzene rings is 1. The van der Waals surface area contributed by atoms with Gasteiger partial charge < -0.3 is 9.85 Å². The Morgan fingerprint density at radius 1 is 0.762 bits per heavy atom. The van der Waals surface area contributed by atoms with Crippen LogP contribution in [0.4, 0.5) is 5.69 Å². The minimum Gasteiger partial charge on any atom is -0.628 e. The first-order valence-corrected chi connectivity index (χ1v) is 8.79. The smallest absolute Gasteiger partial charge is 0.132 e. The van der Waals surface area contributed by atoms with Crippen molar-refractivity contribution >= 4 is 5.69 Å². The highest BCUT2D eigenvalue weighted by Gasteiger charge is 2.12. The largest absolute Gasteiger partial charge is 0.628 e. The lowest BCUT2D eigenvalue weighted by Gasteiger charge is -2.38. The van der Waals surface area contributed by atoms with Gasteiger partial charge in [-0.1, -0.05) is 76.5 Å². The fourth-order valence-corrected chi connectivity index (χ4v) is 2.77. The number of nitrogens with zero attached hydrogens (tertiary/aromatic N) is 1. The molecule has 0 bridgehead atoms. The first-order chi connectivity index (χ1) is 10.2. The van der Waals surface area contributed by atoms with Crippen molar-refractivity contribution in [2.24, 2.45) is 0 Å². The lowest BCUT2D eigenvalue weighted by molar-refractivity contribution is 0.420. The molecule has 0 heterocycles. The van der Waals surface area contributed by atoms with Crippen molar-refractivity contribution in [2.75, 3.05) is 13.6 Å². The van der Waals surface area contributed by atoms with Crippen molar-refractivity contribution < 1.29 is 0 Å². The van der Waals surface area contributed by atoms with Crippen molar-refractivity contribution in [3.63, 3.8) is 0 Å². The summed E-state index contributed by atoms with van der Waals surface area (Å²) in [6, 6.07) is 9.72. The molecule has 0 N–H and O–H groups in total. The molecule has 0 spiro atoms. The van der Waals surface area contributed by atoms with Crippen LogP contribution in [-0.2, 0) is 0 Å². The van der Waals surface area contributed by atoms with Gasteiger partial charge in [0.2, 0.25) is 0 Å². The summed E-state index contributed by atoms with van der Waals surface area (Å²) in [5.74, 6) is 0. The summed E-state index contributed by atoms with van der Waals surface area (Å²) in [6.45, 7) is 2.96. The molecular weight excluding hydrogens is 258 g/mol. The topological polar surface area (TPSA) is 23.1 Å². The van der Waals surface area contributed by atoms with Crippen LogP contribution >= 0.6 is 0 Å². The molecule has 0 saturated carbocycles.